The van der Waals surface area contributed by atoms with Crippen molar-refractivity contribution in [3.05, 3.63) is 51.9 Å². The molecule has 2 aromatic heterocycles. The van der Waals surface area contributed by atoms with Crippen LogP contribution in [0.25, 0.3) is 11.0 Å². The van der Waals surface area contributed by atoms with Crippen LogP contribution in [0.3, 0.4) is 0 Å². The van der Waals surface area contributed by atoms with Gasteiger partial charge in [0.1, 0.15) is 11.2 Å². The van der Waals surface area contributed by atoms with E-state index in [1.807, 2.05) is 26.0 Å². The Kier molecular flexibility index (Phi) is 5.48. The van der Waals surface area contributed by atoms with Crippen LogP contribution in [0.1, 0.15) is 59.5 Å². The lowest BCUT2D eigenvalue weighted by Crippen LogP contribution is -2.37. The summed E-state index contributed by atoms with van der Waals surface area (Å²) in [6.07, 6.45) is 0.691. The number of nitrogens with one attached hydrogen (secondary N) is 1. The minimum Gasteiger partial charge on any atom is -0.476 e. The van der Waals surface area contributed by atoms with Gasteiger partial charge in [-0.3, -0.25) is 0 Å². The number of carbonyl (C=O) groups is 1. The van der Waals surface area contributed by atoms with Crippen LogP contribution in [0.5, 0.6) is 0 Å². The topological polar surface area (TPSA) is 115 Å². The number of benzene rings is 1. The second kappa shape index (κ2) is 8.27. The lowest BCUT2D eigenvalue weighted by atomic mass is 9.97. The first-order valence-corrected chi connectivity index (χ1v) is 11.5. The van der Waals surface area contributed by atoms with E-state index in [9.17, 15) is 23.9 Å². The number of nitrogens with zero attached hydrogens (tertiary/aromatic N) is 5. The van der Waals surface area contributed by atoms with Crippen LogP contribution >= 0.6 is 11.6 Å². The summed E-state index contributed by atoms with van der Waals surface area (Å²) in [6.45, 7) is 3.69. The molecule has 2 aliphatic heterocycles. The zero-order valence-corrected chi connectivity index (χ0v) is 19.6. The average molecular weight is 499 g/mol. The van der Waals surface area contributed by atoms with E-state index < -0.39 is 30.0 Å². The van der Waals surface area contributed by atoms with Crippen LogP contribution in [0.4, 0.5) is 20.3 Å². The molecular weight excluding hydrogens is 478 g/mol. The van der Waals surface area contributed by atoms with Crippen molar-refractivity contribution in [2.75, 3.05) is 10.2 Å². The third kappa shape index (κ3) is 3.90. The molecular formula is C24H21ClF2N6O2. The normalized spacial score (nSPS) is 21.2. The molecule has 2 bridgehead atoms. The molecule has 2 aliphatic rings. The Morgan fingerprint density at radius 2 is 2.09 bits per heavy atom. The Morgan fingerprint density at radius 3 is 2.71 bits per heavy atom. The van der Waals surface area contributed by atoms with Crippen LogP contribution in [-0.4, -0.2) is 44.0 Å². The number of hydrogen-bond donors (Lipinski definition) is 2. The van der Waals surface area contributed by atoms with Gasteiger partial charge in [-0.1, -0.05) is 17.7 Å². The molecule has 8 nitrogen and oxygen atoms in total. The van der Waals surface area contributed by atoms with E-state index in [0.717, 1.165) is 5.56 Å². The second-order valence-corrected chi connectivity index (χ2v) is 9.44. The van der Waals surface area contributed by atoms with Crippen molar-refractivity contribution in [1.82, 2.24) is 15.0 Å². The van der Waals surface area contributed by atoms with E-state index in [2.05, 4.69) is 15.3 Å². The summed E-state index contributed by atoms with van der Waals surface area (Å²) in [5.74, 6) is -3.91. The number of rotatable bonds is 5. The summed E-state index contributed by atoms with van der Waals surface area (Å²) < 4.78 is 29.0. The minimum atomic E-state index is -2.84. The lowest BCUT2D eigenvalue weighted by Gasteiger charge is -2.26. The lowest BCUT2D eigenvalue weighted by molar-refractivity contribution is -0.0197. The van der Waals surface area contributed by atoms with Gasteiger partial charge in [-0.25, -0.2) is 28.5 Å². The highest BCUT2D eigenvalue weighted by Crippen LogP contribution is 2.49. The van der Waals surface area contributed by atoms with Crippen molar-refractivity contribution in [1.29, 1.82) is 5.26 Å². The van der Waals surface area contributed by atoms with Gasteiger partial charge in [0.15, 0.2) is 17.2 Å². The number of nitriles is 1. The summed E-state index contributed by atoms with van der Waals surface area (Å²) in [5.41, 5.74) is 2.51. The number of aromatic nitrogens is 3. The molecule has 0 saturated carbocycles. The molecule has 3 atom stereocenters. The van der Waals surface area contributed by atoms with Crippen LogP contribution in [0, 0.1) is 18.3 Å². The van der Waals surface area contributed by atoms with Crippen molar-refractivity contribution >= 4 is 40.1 Å². The molecule has 0 amide bonds. The smallest absolute Gasteiger partial charge is 0.356 e. The first-order chi connectivity index (χ1) is 16.6. The molecule has 3 aromatic rings. The fraction of sp³-hybridized carbons (Fsp3) is 0.375. The molecule has 2 saturated heterocycles. The molecule has 5 rings (SSSR count). The number of aromatic carboxylic acids is 1. The number of anilines is 2. The van der Waals surface area contributed by atoms with Crippen molar-refractivity contribution in [2.45, 2.75) is 57.2 Å². The van der Waals surface area contributed by atoms with E-state index in [4.69, 9.17) is 16.6 Å². The van der Waals surface area contributed by atoms with Gasteiger partial charge in [0, 0.05) is 18.0 Å². The molecule has 11 heteroatoms. The predicted octanol–water partition coefficient (Wildman–Crippen LogP) is 5.11. The van der Waals surface area contributed by atoms with Gasteiger partial charge in [0.25, 0.3) is 5.92 Å². The summed E-state index contributed by atoms with van der Waals surface area (Å²) in [7, 11) is 0. The molecule has 1 aromatic carbocycles. The number of fused-ring (bicyclic) bond motifs is 3. The number of carboxylic acids is 1. The van der Waals surface area contributed by atoms with Crippen molar-refractivity contribution in [2.24, 2.45) is 0 Å². The quantitative estimate of drug-likeness (QED) is 0.466. The average Bonchev–Trinajstić information content (AvgIpc) is 3.32. The molecule has 2 N–H and O–H groups in total. The van der Waals surface area contributed by atoms with Gasteiger partial charge < -0.3 is 15.3 Å². The Morgan fingerprint density at radius 1 is 1.31 bits per heavy atom. The van der Waals surface area contributed by atoms with Crippen molar-refractivity contribution < 1.29 is 18.7 Å². The maximum atomic E-state index is 14.5. The van der Waals surface area contributed by atoms with Crippen LogP contribution in [-0.2, 0) is 0 Å². The maximum Gasteiger partial charge on any atom is 0.356 e. The number of carboxylic acid groups (broad SMARTS) is 1. The number of pyridine rings is 1. The Labute approximate surface area is 204 Å². The molecule has 0 unspecified atom stereocenters. The third-order valence-corrected chi connectivity index (χ3v) is 6.89. The van der Waals surface area contributed by atoms with Crippen LogP contribution in [0.2, 0.25) is 5.15 Å². The molecule has 35 heavy (non-hydrogen) atoms. The summed E-state index contributed by atoms with van der Waals surface area (Å²) >= 11 is 5.87. The van der Waals surface area contributed by atoms with Gasteiger partial charge in [-0.05, 0) is 50.5 Å². The van der Waals surface area contributed by atoms with Gasteiger partial charge in [0.2, 0.25) is 0 Å². The van der Waals surface area contributed by atoms with E-state index in [1.54, 1.807) is 11.0 Å². The van der Waals surface area contributed by atoms with Crippen LogP contribution < -0.4 is 10.2 Å². The fourth-order valence-corrected chi connectivity index (χ4v) is 5.35. The van der Waals surface area contributed by atoms with Crippen molar-refractivity contribution in [3.63, 3.8) is 0 Å². The first-order valence-electron chi connectivity index (χ1n) is 11.1. The predicted molar refractivity (Wildman–Crippen MR) is 126 cm³/mol. The number of halogens is 3. The van der Waals surface area contributed by atoms with Crippen LogP contribution in [0.15, 0.2) is 24.3 Å². The van der Waals surface area contributed by atoms with Gasteiger partial charge in [-0.15, -0.1) is 0 Å². The molecule has 0 spiro atoms. The molecule has 180 valence electrons. The number of alkyl halides is 2. The highest BCUT2D eigenvalue weighted by atomic mass is 35.5. The van der Waals surface area contributed by atoms with Gasteiger partial charge in [-0.2, -0.15) is 5.26 Å². The monoisotopic (exact) mass is 498 g/mol. The van der Waals surface area contributed by atoms with E-state index in [-0.39, 0.29) is 34.5 Å². The SMILES string of the molecule is Cc1cc([C@@H](C)Nc2ccc(Cl)nc2C(=O)O)c2nc(N3[C@H]4CC[C@@H]3C(F)(F)C4)c(C#N)nc2c1. The molecule has 2 fully saturated rings. The molecule has 4 heterocycles. The summed E-state index contributed by atoms with van der Waals surface area (Å²) in [5, 5.41) is 22.5. The Hall–Kier alpha value is -3.58. The zero-order chi connectivity index (χ0) is 25.1. The fourth-order valence-electron chi connectivity index (χ4n) is 5.20. The number of aryl methyl sites for hydroxylation is 1. The van der Waals surface area contributed by atoms with Gasteiger partial charge >= 0.3 is 5.97 Å². The Bertz CT molecular complexity index is 1410. The second-order valence-electron chi connectivity index (χ2n) is 9.05. The first kappa shape index (κ1) is 23.2. The zero-order valence-electron chi connectivity index (χ0n) is 18.9. The maximum absolute atomic E-state index is 14.5. The minimum absolute atomic E-state index is 0.0133. The molecule has 0 radical (unpaired) electrons. The standard InChI is InChI=1S/C24H21ClF2N6O2/c1-11-7-14(12(2)29-15-4-6-19(25)31-21(15)23(34)35)20-16(8-11)30-17(10-28)22(32-20)33-13-3-5-18(33)24(26,27)9-13/h4,6-8,12-13,18,29H,3,5,9H2,1-2H3,(H,34,35)/t12-,13+,18-/m1/s1. The van der Waals surface area contributed by atoms with E-state index in [0.29, 0.717) is 29.4 Å². The van der Waals surface area contributed by atoms with Gasteiger partial charge in [0.05, 0.1) is 28.8 Å². The number of hydrogen-bond acceptors (Lipinski definition) is 7. The highest BCUT2D eigenvalue weighted by Gasteiger charge is 2.58. The molecule has 0 aliphatic carbocycles. The third-order valence-electron chi connectivity index (χ3n) is 6.68. The largest absolute Gasteiger partial charge is 0.476 e. The summed E-state index contributed by atoms with van der Waals surface area (Å²) in [6, 6.07) is 6.85. The summed E-state index contributed by atoms with van der Waals surface area (Å²) in [4.78, 5) is 26.3. The Balaban J connectivity index is 1.61. The van der Waals surface area contributed by atoms with E-state index >= 15 is 0 Å². The van der Waals surface area contributed by atoms with Crippen molar-refractivity contribution in [3.8, 4) is 6.07 Å². The highest BCUT2D eigenvalue weighted by molar-refractivity contribution is 6.29. The van der Waals surface area contributed by atoms with E-state index in [1.165, 1.54) is 12.1 Å².